The van der Waals surface area contributed by atoms with Crippen molar-refractivity contribution in [3.63, 3.8) is 0 Å². The molecule has 0 aliphatic heterocycles. The molecule has 7 heteroatoms. The SMILES string of the molecule is COC(=O)COc1ccc(Br)cc1C=Nc1sc2c(c1C#N)CC[C@@H](C(C)(C)C)C2. The molecule has 0 saturated heterocycles. The molecule has 0 bridgehead atoms. The van der Waals surface area contributed by atoms with Crippen molar-refractivity contribution >= 4 is 44.5 Å². The van der Waals surface area contributed by atoms with Gasteiger partial charge in [0.05, 0.1) is 12.7 Å². The van der Waals surface area contributed by atoms with Crippen LogP contribution in [0.25, 0.3) is 0 Å². The molecule has 0 unspecified atom stereocenters. The fourth-order valence-electron chi connectivity index (χ4n) is 3.59. The monoisotopic (exact) mass is 488 g/mol. The molecule has 5 nitrogen and oxygen atoms in total. The second kappa shape index (κ2) is 9.32. The van der Waals surface area contributed by atoms with E-state index in [1.165, 1.54) is 12.0 Å². The summed E-state index contributed by atoms with van der Waals surface area (Å²) in [5.74, 6) is 0.683. The van der Waals surface area contributed by atoms with Gasteiger partial charge in [-0.3, -0.25) is 0 Å². The van der Waals surface area contributed by atoms with E-state index in [1.54, 1.807) is 23.6 Å². The van der Waals surface area contributed by atoms with E-state index in [2.05, 4.69) is 52.5 Å². The van der Waals surface area contributed by atoms with Crippen LogP contribution >= 0.6 is 27.3 Å². The first-order valence-electron chi connectivity index (χ1n) is 9.80. The van der Waals surface area contributed by atoms with Gasteiger partial charge in [0.2, 0.25) is 0 Å². The summed E-state index contributed by atoms with van der Waals surface area (Å²) in [5.41, 5.74) is 2.81. The van der Waals surface area contributed by atoms with Gasteiger partial charge in [-0.25, -0.2) is 9.79 Å². The van der Waals surface area contributed by atoms with Crippen LogP contribution in [0.3, 0.4) is 0 Å². The second-order valence-corrected chi connectivity index (χ2v) is 10.4. The summed E-state index contributed by atoms with van der Waals surface area (Å²) in [5, 5.41) is 10.5. The Bertz CT molecular complexity index is 1010. The van der Waals surface area contributed by atoms with Crippen LogP contribution in [0.5, 0.6) is 5.75 Å². The molecule has 0 fully saturated rings. The molecule has 2 aromatic rings. The molecule has 1 heterocycles. The molecule has 0 saturated carbocycles. The minimum absolute atomic E-state index is 0.177. The fraction of sp³-hybridized carbons (Fsp3) is 0.435. The molecule has 1 aliphatic carbocycles. The quantitative estimate of drug-likeness (QED) is 0.391. The van der Waals surface area contributed by atoms with E-state index in [-0.39, 0.29) is 12.0 Å². The number of carbonyl (C=O) groups excluding carboxylic acids is 1. The van der Waals surface area contributed by atoms with Crippen LogP contribution in [-0.2, 0) is 22.4 Å². The molecule has 158 valence electrons. The van der Waals surface area contributed by atoms with Crippen molar-refractivity contribution in [1.82, 2.24) is 0 Å². The van der Waals surface area contributed by atoms with Crippen LogP contribution in [-0.4, -0.2) is 25.9 Å². The minimum Gasteiger partial charge on any atom is -0.481 e. The maximum absolute atomic E-state index is 11.4. The van der Waals surface area contributed by atoms with Gasteiger partial charge in [-0.05, 0) is 54.4 Å². The van der Waals surface area contributed by atoms with Crippen LogP contribution in [0.1, 0.15) is 48.8 Å². The highest BCUT2D eigenvalue weighted by molar-refractivity contribution is 9.10. The van der Waals surface area contributed by atoms with E-state index in [9.17, 15) is 10.1 Å². The summed E-state index contributed by atoms with van der Waals surface area (Å²) >= 11 is 5.07. The smallest absolute Gasteiger partial charge is 0.343 e. The Balaban J connectivity index is 1.89. The molecule has 1 atom stereocenters. The third-order valence-corrected chi connectivity index (χ3v) is 7.10. The average Bonchev–Trinajstić information content (AvgIpc) is 3.07. The van der Waals surface area contributed by atoms with Crippen molar-refractivity contribution in [3.8, 4) is 11.8 Å². The van der Waals surface area contributed by atoms with Crippen LogP contribution in [0.4, 0.5) is 5.00 Å². The number of esters is 1. The molecule has 1 aliphatic rings. The molecule has 0 radical (unpaired) electrons. The molecule has 1 aromatic carbocycles. The number of methoxy groups -OCH3 is 1. The number of nitriles is 1. The number of rotatable bonds is 5. The lowest BCUT2D eigenvalue weighted by molar-refractivity contribution is -0.142. The second-order valence-electron chi connectivity index (χ2n) is 8.41. The van der Waals surface area contributed by atoms with E-state index >= 15 is 0 Å². The highest BCUT2D eigenvalue weighted by atomic mass is 79.9. The molecular formula is C23H25BrN2O3S. The summed E-state index contributed by atoms with van der Waals surface area (Å²) in [6.07, 6.45) is 4.72. The number of carbonyl (C=O) groups is 1. The normalized spacial score (nSPS) is 16.2. The van der Waals surface area contributed by atoms with Crippen molar-refractivity contribution in [2.45, 2.75) is 40.0 Å². The molecule has 0 amide bonds. The van der Waals surface area contributed by atoms with E-state index < -0.39 is 5.97 Å². The van der Waals surface area contributed by atoms with Crippen LogP contribution < -0.4 is 4.74 Å². The fourth-order valence-corrected chi connectivity index (χ4v) is 5.19. The number of hydrogen-bond donors (Lipinski definition) is 0. The molecule has 0 N–H and O–H groups in total. The molecule has 3 rings (SSSR count). The molecule has 0 spiro atoms. The van der Waals surface area contributed by atoms with Gasteiger partial charge in [0.25, 0.3) is 0 Å². The number of fused-ring (bicyclic) bond motifs is 1. The number of hydrogen-bond acceptors (Lipinski definition) is 6. The Morgan fingerprint density at radius 2 is 2.20 bits per heavy atom. The van der Waals surface area contributed by atoms with Gasteiger partial charge >= 0.3 is 5.97 Å². The summed E-state index contributed by atoms with van der Waals surface area (Å²) in [4.78, 5) is 17.3. The van der Waals surface area contributed by atoms with E-state index in [4.69, 9.17) is 4.74 Å². The van der Waals surface area contributed by atoms with E-state index in [0.717, 1.165) is 39.9 Å². The van der Waals surface area contributed by atoms with Gasteiger partial charge in [0.1, 0.15) is 16.8 Å². The number of nitrogens with zero attached hydrogens (tertiary/aromatic N) is 2. The van der Waals surface area contributed by atoms with Gasteiger partial charge in [-0.2, -0.15) is 5.26 Å². The van der Waals surface area contributed by atoms with Crippen molar-refractivity contribution in [2.75, 3.05) is 13.7 Å². The average molecular weight is 489 g/mol. The number of aliphatic imine (C=N–C) groups is 1. The topological polar surface area (TPSA) is 71.7 Å². The van der Waals surface area contributed by atoms with Gasteiger partial charge in [-0.1, -0.05) is 36.7 Å². The number of thiophene rings is 1. The van der Waals surface area contributed by atoms with Gasteiger partial charge in [-0.15, -0.1) is 11.3 Å². The third kappa shape index (κ3) is 5.11. The Kier molecular flexibility index (Phi) is 6.99. The predicted octanol–water partition coefficient (Wildman–Crippen LogP) is 5.84. The highest BCUT2D eigenvalue weighted by Gasteiger charge is 2.32. The summed E-state index contributed by atoms with van der Waals surface area (Å²) in [6.45, 7) is 6.67. The number of benzene rings is 1. The predicted molar refractivity (Wildman–Crippen MR) is 123 cm³/mol. The maximum Gasteiger partial charge on any atom is 0.343 e. The summed E-state index contributed by atoms with van der Waals surface area (Å²) in [6, 6.07) is 7.83. The van der Waals surface area contributed by atoms with Crippen molar-refractivity contribution in [3.05, 3.63) is 44.2 Å². The van der Waals surface area contributed by atoms with Crippen molar-refractivity contribution in [2.24, 2.45) is 16.3 Å². The third-order valence-electron chi connectivity index (χ3n) is 5.45. The van der Waals surface area contributed by atoms with Crippen molar-refractivity contribution < 1.29 is 14.3 Å². The Hall–Kier alpha value is -2.17. The van der Waals surface area contributed by atoms with Gasteiger partial charge in [0.15, 0.2) is 6.61 Å². The largest absolute Gasteiger partial charge is 0.481 e. The zero-order valence-corrected chi connectivity index (χ0v) is 20.0. The minimum atomic E-state index is -0.452. The first kappa shape index (κ1) is 22.5. The Morgan fingerprint density at radius 3 is 2.87 bits per heavy atom. The molecular weight excluding hydrogens is 464 g/mol. The van der Waals surface area contributed by atoms with Gasteiger partial charge in [0, 0.05) is 21.1 Å². The zero-order chi connectivity index (χ0) is 21.9. The van der Waals surface area contributed by atoms with Crippen LogP contribution in [0.2, 0.25) is 0 Å². The summed E-state index contributed by atoms with van der Waals surface area (Å²) < 4.78 is 11.1. The first-order valence-corrected chi connectivity index (χ1v) is 11.4. The first-order chi connectivity index (χ1) is 14.2. The van der Waals surface area contributed by atoms with Crippen LogP contribution in [0.15, 0.2) is 27.7 Å². The molecule has 1 aromatic heterocycles. The van der Waals surface area contributed by atoms with Crippen molar-refractivity contribution in [1.29, 1.82) is 5.26 Å². The maximum atomic E-state index is 11.4. The highest BCUT2D eigenvalue weighted by Crippen LogP contribution is 2.45. The Labute approximate surface area is 189 Å². The lowest BCUT2D eigenvalue weighted by Crippen LogP contribution is -2.26. The Morgan fingerprint density at radius 1 is 1.43 bits per heavy atom. The standard InChI is InChI=1S/C23H25BrN2O3S/c1-23(2,3)15-5-7-17-18(11-25)22(30-20(17)10-15)26-12-14-9-16(24)6-8-19(14)29-13-21(27)28-4/h6,8-9,12,15H,5,7,10,13H2,1-4H3/t15-/m1/s1. The molecule has 30 heavy (non-hydrogen) atoms. The van der Waals surface area contributed by atoms with E-state index in [0.29, 0.717) is 17.2 Å². The number of ether oxygens (including phenoxy) is 2. The van der Waals surface area contributed by atoms with E-state index in [1.807, 2.05) is 12.1 Å². The lowest BCUT2D eigenvalue weighted by atomic mass is 9.72. The number of halogens is 1. The van der Waals surface area contributed by atoms with Gasteiger partial charge < -0.3 is 9.47 Å². The lowest BCUT2D eigenvalue weighted by Gasteiger charge is -2.33. The van der Waals surface area contributed by atoms with Crippen LogP contribution in [0, 0.1) is 22.7 Å². The zero-order valence-electron chi connectivity index (χ0n) is 17.6. The summed E-state index contributed by atoms with van der Waals surface area (Å²) in [7, 11) is 1.32.